The van der Waals surface area contributed by atoms with E-state index in [1.165, 1.54) is 0 Å². The first-order valence-electron chi connectivity index (χ1n) is 6.87. The quantitative estimate of drug-likeness (QED) is 0.577. The molecule has 0 unspecified atom stereocenters. The second kappa shape index (κ2) is 11.1. The van der Waals surface area contributed by atoms with Gasteiger partial charge in [0.25, 0.3) is 0 Å². The summed E-state index contributed by atoms with van der Waals surface area (Å²) < 4.78 is 21.0. The van der Waals surface area contributed by atoms with Crippen LogP contribution in [0, 0.1) is 0 Å². The molecule has 2 N–H and O–H groups in total. The maximum absolute atomic E-state index is 10.8. The molecule has 0 heterocycles. The van der Waals surface area contributed by atoms with Crippen molar-refractivity contribution in [2.45, 2.75) is 6.42 Å². The van der Waals surface area contributed by atoms with Crippen LogP contribution in [0.5, 0.6) is 5.75 Å². The van der Waals surface area contributed by atoms with Gasteiger partial charge in [0.05, 0.1) is 39.5 Å². The minimum absolute atomic E-state index is 0.243. The van der Waals surface area contributed by atoms with Crippen LogP contribution in [-0.4, -0.2) is 52.7 Å². The molecule has 0 saturated heterocycles. The predicted molar refractivity (Wildman–Crippen MR) is 78.3 cm³/mol. The van der Waals surface area contributed by atoms with E-state index in [1.807, 2.05) is 24.3 Å². The van der Waals surface area contributed by atoms with Crippen molar-refractivity contribution in [1.82, 2.24) is 0 Å². The van der Waals surface area contributed by atoms with Gasteiger partial charge < -0.3 is 24.7 Å². The van der Waals surface area contributed by atoms with E-state index in [2.05, 4.69) is 0 Å². The molecule has 0 bridgehead atoms. The summed E-state index contributed by atoms with van der Waals surface area (Å²) in [6, 6.07) is 7.27. The van der Waals surface area contributed by atoms with Crippen LogP contribution in [0.2, 0.25) is 0 Å². The fourth-order valence-corrected chi connectivity index (χ4v) is 1.59. The third-order valence-electron chi connectivity index (χ3n) is 2.60. The van der Waals surface area contributed by atoms with Crippen molar-refractivity contribution in [2.24, 2.45) is 5.73 Å². The van der Waals surface area contributed by atoms with E-state index in [9.17, 15) is 4.79 Å². The van der Waals surface area contributed by atoms with Gasteiger partial charge in [-0.1, -0.05) is 12.1 Å². The van der Waals surface area contributed by atoms with E-state index >= 15 is 0 Å². The van der Waals surface area contributed by atoms with Crippen LogP contribution in [0.1, 0.15) is 5.56 Å². The number of rotatable bonds is 12. The summed E-state index contributed by atoms with van der Waals surface area (Å²) in [5.41, 5.74) is 6.00. The van der Waals surface area contributed by atoms with E-state index in [4.69, 9.17) is 24.7 Å². The molecule has 1 rings (SSSR count). The van der Waals surface area contributed by atoms with Gasteiger partial charge in [0.1, 0.15) is 12.4 Å². The molecule has 0 aliphatic heterocycles. The van der Waals surface area contributed by atoms with Crippen LogP contribution in [0.4, 0.5) is 0 Å². The molecule has 0 aliphatic carbocycles. The normalized spacial score (nSPS) is 10.5. The predicted octanol–water partition coefficient (Wildman–Crippen LogP) is 0.773. The second-order valence-electron chi connectivity index (χ2n) is 4.35. The summed E-state index contributed by atoms with van der Waals surface area (Å²) in [6.07, 6.45) is 0.243. The Hall–Kier alpha value is -1.63. The number of ether oxygens (including phenoxy) is 4. The molecule has 1 aromatic rings. The van der Waals surface area contributed by atoms with Gasteiger partial charge >= 0.3 is 0 Å². The minimum atomic E-state index is -0.343. The lowest BCUT2D eigenvalue weighted by Gasteiger charge is -2.08. The lowest BCUT2D eigenvalue weighted by atomic mass is 10.1. The highest BCUT2D eigenvalue weighted by Gasteiger charge is 1.99. The first-order valence-corrected chi connectivity index (χ1v) is 6.87. The lowest BCUT2D eigenvalue weighted by molar-refractivity contribution is -0.117. The lowest BCUT2D eigenvalue weighted by Crippen LogP contribution is -2.13. The van der Waals surface area contributed by atoms with Crippen molar-refractivity contribution < 1.29 is 23.7 Å². The SMILES string of the molecule is COCCOCCOCCOc1ccc(CC(N)=O)cc1. The highest BCUT2D eigenvalue weighted by Crippen LogP contribution is 2.12. The largest absolute Gasteiger partial charge is 0.491 e. The Bertz CT molecular complexity index is 394. The Kier molecular flexibility index (Phi) is 9.19. The number of methoxy groups -OCH3 is 1. The van der Waals surface area contributed by atoms with E-state index in [1.54, 1.807) is 7.11 Å². The molecule has 0 fully saturated rings. The third kappa shape index (κ3) is 9.01. The zero-order valence-electron chi connectivity index (χ0n) is 12.4. The first kappa shape index (κ1) is 17.4. The number of hydrogen-bond donors (Lipinski definition) is 1. The topological polar surface area (TPSA) is 80.0 Å². The van der Waals surface area contributed by atoms with Gasteiger partial charge in [-0.3, -0.25) is 4.79 Å². The molecular weight excluding hydrogens is 274 g/mol. The molecule has 0 saturated carbocycles. The summed E-state index contributed by atoms with van der Waals surface area (Å²) in [6.45, 7) is 3.21. The fourth-order valence-electron chi connectivity index (χ4n) is 1.59. The Morgan fingerprint density at radius 2 is 1.52 bits per heavy atom. The van der Waals surface area contributed by atoms with Gasteiger partial charge in [-0.05, 0) is 17.7 Å². The summed E-state index contributed by atoms with van der Waals surface area (Å²) in [4.78, 5) is 10.8. The van der Waals surface area contributed by atoms with Crippen molar-refractivity contribution in [3.8, 4) is 5.75 Å². The van der Waals surface area contributed by atoms with Crippen LogP contribution >= 0.6 is 0 Å². The standard InChI is InChI=1S/C15H23NO5/c1-18-6-7-19-8-9-20-10-11-21-14-4-2-13(3-5-14)12-15(16)17/h2-5H,6-12H2,1H3,(H2,16,17). The van der Waals surface area contributed by atoms with Gasteiger partial charge in [0.15, 0.2) is 0 Å². The second-order valence-corrected chi connectivity index (χ2v) is 4.35. The molecule has 1 aromatic carbocycles. The van der Waals surface area contributed by atoms with Crippen LogP contribution in [-0.2, 0) is 25.4 Å². The van der Waals surface area contributed by atoms with Gasteiger partial charge in [0.2, 0.25) is 5.91 Å². The highest BCUT2D eigenvalue weighted by molar-refractivity contribution is 5.76. The van der Waals surface area contributed by atoms with Gasteiger partial charge in [-0.2, -0.15) is 0 Å². The fraction of sp³-hybridized carbons (Fsp3) is 0.533. The third-order valence-corrected chi connectivity index (χ3v) is 2.60. The maximum atomic E-state index is 10.8. The molecule has 6 nitrogen and oxygen atoms in total. The summed E-state index contributed by atoms with van der Waals surface area (Å²) in [5, 5.41) is 0. The number of carbonyl (C=O) groups is 1. The smallest absolute Gasteiger partial charge is 0.221 e. The molecular formula is C15H23NO5. The number of carbonyl (C=O) groups excluding carboxylic acids is 1. The van der Waals surface area contributed by atoms with Crippen molar-refractivity contribution in [3.63, 3.8) is 0 Å². The Balaban J connectivity index is 2.03. The van der Waals surface area contributed by atoms with Crippen molar-refractivity contribution in [2.75, 3.05) is 46.8 Å². The highest BCUT2D eigenvalue weighted by atomic mass is 16.6. The molecule has 6 heteroatoms. The first-order chi connectivity index (χ1) is 10.2. The Morgan fingerprint density at radius 1 is 0.952 bits per heavy atom. The number of benzene rings is 1. The van der Waals surface area contributed by atoms with E-state index in [-0.39, 0.29) is 12.3 Å². The van der Waals surface area contributed by atoms with Crippen molar-refractivity contribution >= 4 is 5.91 Å². The van der Waals surface area contributed by atoms with Crippen LogP contribution in [0.3, 0.4) is 0 Å². The van der Waals surface area contributed by atoms with E-state index in [0.29, 0.717) is 39.6 Å². The average Bonchev–Trinajstić information content (AvgIpc) is 2.47. The molecule has 0 radical (unpaired) electrons. The maximum Gasteiger partial charge on any atom is 0.221 e. The molecule has 21 heavy (non-hydrogen) atoms. The van der Waals surface area contributed by atoms with Gasteiger partial charge in [-0.25, -0.2) is 0 Å². The van der Waals surface area contributed by atoms with Crippen LogP contribution in [0.15, 0.2) is 24.3 Å². The molecule has 0 aliphatic rings. The number of hydrogen-bond acceptors (Lipinski definition) is 5. The van der Waals surface area contributed by atoms with E-state index in [0.717, 1.165) is 11.3 Å². The average molecular weight is 297 g/mol. The Labute approximate surface area is 125 Å². The number of nitrogens with two attached hydrogens (primary N) is 1. The molecule has 0 spiro atoms. The van der Waals surface area contributed by atoms with Gasteiger partial charge in [-0.15, -0.1) is 0 Å². The zero-order chi connectivity index (χ0) is 15.3. The van der Waals surface area contributed by atoms with E-state index < -0.39 is 0 Å². The molecule has 118 valence electrons. The van der Waals surface area contributed by atoms with Crippen LogP contribution < -0.4 is 10.5 Å². The summed E-state index contributed by atoms with van der Waals surface area (Å²) in [7, 11) is 1.64. The van der Waals surface area contributed by atoms with Crippen molar-refractivity contribution in [3.05, 3.63) is 29.8 Å². The molecule has 0 atom stereocenters. The van der Waals surface area contributed by atoms with Crippen LogP contribution in [0.25, 0.3) is 0 Å². The summed E-state index contributed by atoms with van der Waals surface area (Å²) in [5.74, 6) is 0.396. The van der Waals surface area contributed by atoms with Gasteiger partial charge in [0, 0.05) is 7.11 Å². The minimum Gasteiger partial charge on any atom is -0.491 e. The number of amides is 1. The molecule has 1 amide bonds. The zero-order valence-corrected chi connectivity index (χ0v) is 12.4. The van der Waals surface area contributed by atoms with Crippen molar-refractivity contribution in [1.29, 1.82) is 0 Å². The molecule has 0 aromatic heterocycles. The summed E-state index contributed by atoms with van der Waals surface area (Å²) >= 11 is 0. The Morgan fingerprint density at radius 3 is 2.10 bits per heavy atom. The monoisotopic (exact) mass is 297 g/mol. The number of primary amides is 1.